The average Bonchev–Trinajstić information content (AvgIpc) is 3.22. The highest BCUT2D eigenvalue weighted by atomic mass is 16.6. The van der Waals surface area contributed by atoms with Crippen LogP contribution in [0.3, 0.4) is 0 Å². The Balaban J connectivity index is 1.58. The molecule has 1 fully saturated rings. The smallest absolute Gasteiger partial charge is 0.200 e. The molecule has 158 valence electrons. The lowest BCUT2D eigenvalue weighted by Crippen LogP contribution is -2.59. The summed E-state index contributed by atoms with van der Waals surface area (Å²) >= 11 is 0. The molecule has 2 aromatic carbocycles. The topological polar surface area (TPSA) is 57.5 Å². The monoisotopic (exact) mass is 407 g/mol. The summed E-state index contributed by atoms with van der Waals surface area (Å²) in [4.78, 5) is 2.46. The van der Waals surface area contributed by atoms with E-state index in [1.807, 2.05) is 31.2 Å². The van der Waals surface area contributed by atoms with E-state index in [1.165, 1.54) is 0 Å². The van der Waals surface area contributed by atoms with Crippen molar-refractivity contribution in [3.8, 4) is 17.2 Å². The number of hydrogen-bond acceptors (Lipinski definition) is 6. The van der Waals surface area contributed by atoms with Crippen molar-refractivity contribution < 1.29 is 14.6 Å². The predicted molar refractivity (Wildman–Crippen MR) is 116 cm³/mol. The number of piperidine rings is 1. The number of fused-ring (bicyclic) bond motifs is 4. The Labute approximate surface area is 177 Å². The first kappa shape index (κ1) is 19.2. The molecule has 1 spiro atoms. The molecule has 0 bridgehead atoms. The van der Waals surface area contributed by atoms with Crippen molar-refractivity contribution in [1.82, 2.24) is 9.91 Å². The summed E-state index contributed by atoms with van der Waals surface area (Å²) in [5.41, 5.74) is 2.62. The molecule has 3 heterocycles. The number of hydrogen-bond donors (Lipinski definition) is 1. The maximum absolute atomic E-state index is 9.97. The lowest BCUT2D eigenvalue weighted by Gasteiger charge is -2.51. The third-order valence-corrected chi connectivity index (χ3v) is 6.55. The minimum Gasteiger partial charge on any atom is -0.508 e. The third kappa shape index (κ3) is 3.10. The van der Waals surface area contributed by atoms with Gasteiger partial charge in [0.2, 0.25) is 5.72 Å². The molecular weight excluding hydrogens is 378 g/mol. The molecule has 5 rings (SSSR count). The SMILES string of the molecule is CCOc1cccc2c1OC1(CCN(CC)CC1)N1N=C(c3cccc(O)c3)C[C@@H]21. The average molecular weight is 408 g/mol. The number of likely N-dealkylation sites (tertiary alicyclic amines) is 1. The molecule has 0 aliphatic carbocycles. The van der Waals surface area contributed by atoms with Gasteiger partial charge in [0.25, 0.3) is 0 Å². The molecule has 1 N–H and O–H groups in total. The summed E-state index contributed by atoms with van der Waals surface area (Å²) < 4.78 is 12.7. The molecular formula is C24H29N3O3. The van der Waals surface area contributed by atoms with Gasteiger partial charge in [-0.3, -0.25) is 0 Å². The van der Waals surface area contributed by atoms with Gasteiger partial charge in [0.15, 0.2) is 11.5 Å². The summed E-state index contributed by atoms with van der Waals surface area (Å²) in [5.74, 6) is 1.96. The van der Waals surface area contributed by atoms with Crippen LogP contribution in [-0.4, -0.2) is 52.7 Å². The summed E-state index contributed by atoms with van der Waals surface area (Å²) in [5, 5.41) is 17.3. The molecule has 1 saturated heterocycles. The Morgan fingerprint density at radius 2 is 1.97 bits per heavy atom. The maximum Gasteiger partial charge on any atom is 0.200 e. The number of benzene rings is 2. The Morgan fingerprint density at radius 3 is 2.70 bits per heavy atom. The van der Waals surface area contributed by atoms with E-state index in [-0.39, 0.29) is 11.8 Å². The van der Waals surface area contributed by atoms with Crippen LogP contribution in [0.2, 0.25) is 0 Å². The Kier molecular flexibility index (Phi) is 4.82. The number of hydrazone groups is 1. The van der Waals surface area contributed by atoms with Crippen molar-refractivity contribution in [2.45, 2.75) is 44.9 Å². The summed E-state index contributed by atoms with van der Waals surface area (Å²) in [6.07, 6.45) is 2.58. The van der Waals surface area contributed by atoms with E-state index in [2.05, 4.69) is 22.9 Å². The molecule has 0 saturated carbocycles. The summed E-state index contributed by atoms with van der Waals surface area (Å²) in [6.45, 7) is 7.85. The molecule has 3 aliphatic heterocycles. The van der Waals surface area contributed by atoms with Crippen LogP contribution in [-0.2, 0) is 0 Å². The molecule has 0 amide bonds. The molecule has 30 heavy (non-hydrogen) atoms. The minimum atomic E-state index is -0.463. The van der Waals surface area contributed by atoms with Crippen LogP contribution in [0.4, 0.5) is 0 Å². The number of para-hydroxylation sites is 1. The van der Waals surface area contributed by atoms with E-state index in [0.717, 1.165) is 67.2 Å². The van der Waals surface area contributed by atoms with E-state index in [4.69, 9.17) is 14.6 Å². The zero-order chi connectivity index (χ0) is 20.7. The lowest BCUT2D eigenvalue weighted by molar-refractivity contribution is -0.150. The first-order valence-electron chi connectivity index (χ1n) is 11.0. The van der Waals surface area contributed by atoms with Crippen molar-refractivity contribution >= 4 is 5.71 Å². The zero-order valence-electron chi connectivity index (χ0n) is 17.7. The van der Waals surface area contributed by atoms with Crippen LogP contribution in [0.15, 0.2) is 47.6 Å². The number of ether oxygens (including phenoxy) is 2. The van der Waals surface area contributed by atoms with Crippen molar-refractivity contribution in [2.75, 3.05) is 26.2 Å². The second-order valence-corrected chi connectivity index (χ2v) is 8.25. The van der Waals surface area contributed by atoms with Gasteiger partial charge in [0, 0.05) is 43.5 Å². The van der Waals surface area contributed by atoms with E-state index in [0.29, 0.717) is 6.61 Å². The number of nitrogens with zero attached hydrogens (tertiary/aromatic N) is 3. The molecule has 1 atom stereocenters. The summed E-state index contributed by atoms with van der Waals surface area (Å²) in [7, 11) is 0. The van der Waals surface area contributed by atoms with Gasteiger partial charge in [-0.15, -0.1) is 0 Å². The largest absolute Gasteiger partial charge is 0.508 e. The number of phenols is 1. The molecule has 6 nitrogen and oxygen atoms in total. The Morgan fingerprint density at radius 1 is 1.17 bits per heavy atom. The van der Waals surface area contributed by atoms with Gasteiger partial charge in [0.1, 0.15) is 5.75 Å². The molecule has 3 aliphatic rings. The fourth-order valence-electron chi connectivity index (χ4n) is 4.95. The second-order valence-electron chi connectivity index (χ2n) is 8.25. The van der Waals surface area contributed by atoms with Crippen molar-refractivity contribution in [1.29, 1.82) is 0 Å². The third-order valence-electron chi connectivity index (χ3n) is 6.55. The quantitative estimate of drug-likeness (QED) is 0.825. The number of rotatable bonds is 4. The van der Waals surface area contributed by atoms with Gasteiger partial charge in [0.05, 0.1) is 18.4 Å². The zero-order valence-corrected chi connectivity index (χ0v) is 17.7. The first-order chi connectivity index (χ1) is 14.6. The summed E-state index contributed by atoms with van der Waals surface area (Å²) in [6, 6.07) is 13.7. The Bertz CT molecular complexity index is 966. The van der Waals surface area contributed by atoms with Crippen LogP contribution in [0, 0.1) is 0 Å². The number of phenolic OH excluding ortho intramolecular Hbond substituents is 1. The highest BCUT2D eigenvalue weighted by Gasteiger charge is 2.52. The highest BCUT2D eigenvalue weighted by Crippen LogP contribution is 2.52. The fraction of sp³-hybridized carbons (Fsp3) is 0.458. The highest BCUT2D eigenvalue weighted by molar-refractivity contribution is 6.02. The lowest BCUT2D eigenvalue weighted by atomic mass is 9.90. The van der Waals surface area contributed by atoms with Gasteiger partial charge >= 0.3 is 0 Å². The fourth-order valence-corrected chi connectivity index (χ4v) is 4.95. The van der Waals surface area contributed by atoms with Crippen molar-refractivity contribution in [2.24, 2.45) is 5.10 Å². The molecule has 0 radical (unpaired) electrons. The van der Waals surface area contributed by atoms with Crippen molar-refractivity contribution in [3.05, 3.63) is 53.6 Å². The van der Waals surface area contributed by atoms with E-state index in [9.17, 15) is 5.11 Å². The van der Waals surface area contributed by atoms with Crippen LogP contribution < -0.4 is 9.47 Å². The molecule has 0 unspecified atom stereocenters. The second kappa shape index (κ2) is 7.51. The van der Waals surface area contributed by atoms with Crippen LogP contribution in [0.25, 0.3) is 0 Å². The first-order valence-corrected chi connectivity index (χ1v) is 11.0. The van der Waals surface area contributed by atoms with Gasteiger partial charge in [-0.25, -0.2) is 5.01 Å². The normalized spacial score (nSPS) is 22.3. The number of aromatic hydroxyl groups is 1. The standard InChI is InChI=1S/C24H29N3O3/c1-3-26-13-11-24(12-14-26)27-21(16-20(25-27)17-7-5-8-18(28)15-17)19-9-6-10-22(29-4-2)23(19)30-24/h5-10,15,21,28H,3-4,11-14,16H2,1-2H3/t21-/m0/s1. The van der Waals surface area contributed by atoms with Gasteiger partial charge in [-0.05, 0) is 31.7 Å². The predicted octanol–water partition coefficient (Wildman–Crippen LogP) is 4.15. The van der Waals surface area contributed by atoms with E-state index in [1.54, 1.807) is 12.1 Å². The van der Waals surface area contributed by atoms with Crippen LogP contribution >= 0.6 is 0 Å². The van der Waals surface area contributed by atoms with Crippen LogP contribution in [0.1, 0.15) is 50.3 Å². The van der Waals surface area contributed by atoms with E-state index >= 15 is 0 Å². The van der Waals surface area contributed by atoms with Crippen molar-refractivity contribution in [3.63, 3.8) is 0 Å². The van der Waals surface area contributed by atoms with Crippen LogP contribution in [0.5, 0.6) is 17.2 Å². The minimum absolute atomic E-state index is 0.111. The molecule has 2 aromatic rings. The van der Waals surface area contributed by atoms with Gasteiger partial charge in [-0.2, -0.15) is 5.10 Å². The van der Waals surface area contributed by atoms with Gasteiger partial charge in [-0.1, -0.05) is 31.2 Å². The maximum atomic E-state index is 9.97. The molecule has 6 heteroatoms. The van der Waals surface area contributed by atoms with E-state index < -0.39 is 5.72 Å². The van der Waals surface area contributed by atoms with Gasteiger partial charge < -0.3 is 19.5 Å². The molecule has 0 aromatic heterocycles. The Hall–Kier alpha value is -2.73.